The van der Waals surface area contributed by atoms with Gasteiger partial charge in [-0.3, -0.25) is 4.79 Å². The number of furan rings is 1. The number of ether oxygens (including phenoxy) is 2. The van der Waals surface area contributed by atoms with E-state index in [0.717, 1.165) is 0 Å². The van der Waals surface area contributed by atoms with Gasteiger partial charge in [0, 0.05) is 12.1 Å². The Morgan fingerprint density at radius 1 is 1.07 bits per heavy atom. The lowest BCUT2D eigenvalue weighted by atomic mass is 10.1. The van der Waals surface area contributed by atoms with E-state index >= 15 is 0 Å². The molecule has 0 aliphatic rings. The molecule has 1 amide bonds. The first-order chi connectivity index (χ1) is 13.6. The molecule has 28 heavy (non-hydrogen) atoms. The van der Waals surface area contributed by atoms with Crippen molar-refractivity contribution in [2.45, 2.75) is 12.6 Å². The van der Waals surface area contributed by atoms with E-state index in [4.69, 9.17) is 13.9 Å². The molecule has 3 aromatic rings. The van der Waals surface area contributed by atoms with Crippen molar-refractivity contribution in [1.82, 2.24) is 5.32 Å². The number of carbonyl (C=O) groups is 2. The van der Waals surface area contributed by atoms with Gasteiger partial charge >= 0.3 is 5.97 Å². The number of nitrogens with one attached hydrogen (secondary N) is 1. The monoisotopic (exact) mass is 383 g/mol. The van der Waals surface area contributed by atoms with Gasteiger partial charge in [0.25, 0.3) is 5.91 Å². The van der Waals surface area contributed by atoms with Crippen molar-refractivity contribution >= 4 is 11.9 Å². The van der Waals surface area contributed by atoms with Crippen LogP contribution in [0.3, 0.4) is 0 Å². The van der Waals surface area contributed by atoms with Crippen LogP contribution in [0.15, 0.2) is 71.3 Å². The van der Waals surface area contributed by atoms with Gasteiger partial charge < -0.3 is 19.2 Å². The second kappa shape index (κ2) is 8.85. The Bertz CT molecular complexity index is 920. The lowest BCUT2D eigenvalue weighted by Gasteiger charge is -2.18. The van der Waals surface area contributed by atoms with Crippen LogP contribution in [-0.4, -0.2) is 19.0 Å². The molecule has 7 heteroatoms. The van der Waals surface area contributed by atoms with Crippen molar-refractivity contribution in [1.29, 1.82) is 0 Å². The summed E-state index contributed by atoms with van der Waals surface area (Å²) in [6, 6.07) is 15.3. The average Bonchev–Trinajstić information content (AvgIpc) is 3.26. The normalized spacial score (nSPS) is 11.5. The van der Waals surface area contributed by atoms with Gasteiger partial charge in [0.15, 0.2) is 0 Å². The van der Waals surface area contributed by atoms with E-state index in [9.17, 15) is 14.0 Å². The highest BCUT2D eigenvalue weighted by atomic mass is 19.1. The Morgan fingerprint density at radius 2 is 1.79 bits per heavy atom. The van der Waals surface area contributed by atoms with Crippen LogP contribution in [0.1, 0.15) is 27.8 Å². The highest BCUT2D eigenvalue weighted by Gasteiger charge is 2.26. The molecule has 2 aromatic carbocycles. The van der Waals surface area contributed by atoms with Crippen LogP contribution in [0, 0.1) is 5.82 Å². The molecular formula is C21H18FNO5. The standard InChI is InChI=1S/C21H18FNO5/c1-26-17-10-6-15(7-11-17)19(28-21(25)18-3-2-12-27-18)20(24)23-13-14-4-8-16(22)9-5-14/h2-12,19H,13H2,1H3,(H,23,24). The van der Waals surface area contributed by atoms with E-state index in [1.807, 2.05) is 0 Å². The average molecular weight is 383 g/mol. The number of esters is 1. The van der Waals surface area contributed by atoms with Gasteiger partial charge in [-0.05, 0) is 42.0 Å². The molecule has 0 bridgehead atoms. The molecule has 0 saturated heterocycles. The highest BCUT2D eigenvalue weighted by Crippen LogP contribution is 2.23. The van der Waals surface area contributed by atoms with Gasteiger partial charge in [0.1, 0.15) is 11.6 Å². The number of methoxy groups -OCH3 is 1. The zero-order valence-electron chi connectivity index (χ0n) is 15.1. The fourth-order valence-electron chi connectivity index (χ4n) is 2.50. The molecule has 1 aromatic heterocycles. The van der Waals surface area contributed by atoms with Crippen LogP contribution in [0.25, 0.3) is 0 Å². The third kappa shape index (κ3) is 4.76. The molecule has 0 spiro atoms. The van der Waals surface area contributed by atoms with Crippen molar-refractivity contribution in [2.75, 3.05) is 7.11 Å². The third-order valence-electron chi connectivity index (χ3n) is 3.98. The van der Waals surface area contributed by atoms with Crippen LogP contribution >= 0.6 is 0 Å². The fraction of sp³-hybridized carbons (Fsp3) is 0.143. The minimum atomic E-state index is -1.19. The Kier molecular flexibility index (Phi) is 6.06. The maximum Gasteiger partial charge on any atom is 0.375 e. The minimum Gasteiger partial charge on any atom is -0.497 e. The molecule has 6 nitrogen and oxygen atoms in total. The maximum atomic E-state index is 13.0. The predicted octanol–water partition coefficient (Wildman–Crippen LogP) is 3.64. The first-order valence-electron chi connectivity index (χ1n) is 8.47. The summed E-state index contributed by atoms with van der Waals surface area (Å²) in [5, 5.41) is 2.70. The summed E-state index contributed by atoms with van der Waals surface area (Å²) in [5.41, 5.74) is 1.18. The predicted molar refractivity (Wildman–Crippen MR) is 98.1 cm³/mol. The van der Waals surface area contributed by atoms with Crippen LogP contribution in [-0.2, 0) is 16.1 Å². The van der Waals surface area contributed by atoms with E-state index in [1.54, 1.807) is 42.5 Å². The molecule has 1 heterocycles. The number of halogens is 1. The van der Waals surface area contributed by atoms with E-state index in [-0.39, 0.29) is 18.1 Å². The summed E-state index contributed by atoms with van der Waals surface area (Å²) >= 11 is 0. The SMILES string of the molecule is COc1ccc(C(OC(=O)c2ccco2)C(=O)NCc2ccc(F)cc2)cc1. The largest absolute Gasteiger partial charge is 0.497 e. The first kappa shape index (κ1) is 19.2. The van der Waals surface area contributed by atoms with Gasteiger partial charge in [-0.25, -0.2) is 9.18 Å². The number of amides is 1. The summed E-state index contributed by atoms with van der Waals surface area (Å²) in [4.78, 5) is 25.0. The van der Waals surface area contributed by atoms with Crippen molar-refractivity contribution in [2.24, 2.45) is 0 Å². The quantitative estimate of drug-likeness (QED) is 0.630. The molecular weight excluding hydrogens is 365 g/mol. The van der Waals surface area contributed by atoms with Crippen molar-refractivity contribution in [3.63, 3.8) is 0 Å². The summed E-state index contributed by atoms with van der Waals surface area (Å²) in [7, 11) is 1.53. The topological polar surface area (TPSA) is 77.8 Å². The van der Waals surface area contributed by atoms with E-state index in [0.29, 0.717) is 16.9 Å². The van der Waals surface area contributed by atoms with Gasteiger partial charge in [-0.15, -0.1) is 0 Å². The molecule has 0 fully saturated rings. The zero-order valence-corrected chi connectivity index (χ0v) is 15.1. The molecule has 1 N–H and O–H groups in total. The molecule has 144 valence electrons. The first-order valence-corrected chi connectivity index (χ1v) is 8.47. The minimum absolute atomic E-state index is 0.00940. The molecule has 0 radical (unpaired) electrons. The second-order valence-electron chi connectivity index (χ2n) is 5.88. The number of hydrogen-bond donors (Lipinski definition) is 1. The fourth-order valence-corrected chi connectivity index (χ4v) is 2.50. The summed E-state index contributed by atoms with van der Waals surface area (Å²) in [5.74, 6) is -1.05. The Hall–Kier alpha value is -3.61. The Balaban J connectivity index is 1.76. The van der Waals surface area contributed by atoms with E-state index in [1.165, 1.54) is 31.6 Å². The van der Waals surface area contributed by atoms with Gasteiger partial charge in [0.05, 0.1) is 13.4 Å². The number of benzene rings is 2. The lowest BCUT2D eigenvalue weighted by molar-refractivity contribution is -0.130. The van der Waals surface area contributed by atoms with Crippen molar-refractivity contribution < 1.29 is 27.9 Å². The lowest BCUT2D eigenvalue weighted by Crippen LogP contribution is -2.31. The second-order valence-corrected chi connectivity index (χ2v) is 5.88. The number of rotatable bonds is 7. The maximum absolute atomic E-state index is 13.0. The number of carbonyl (C=O) groups excluding carboxylic acids is 2. The third-order valence-corrected chi connectivity index (χ3v) is 3.98. The summed E-state index contributed by atoms with van der Waals surface area (Å²) in [6.45, 7) is 0.157. The van der Waals surface area contributed by atoms with E-state index < -0.39 is 18.0 Å². The molecule has 0 aliphatic heterocycles. The van der Waals surface area contributed by atoms with Crippen LogP contribution in [0.5, 0.6) is 5.75 Å². The molecule has 1 atom stereocenters. The molecule has 3 rings (SSSR count). The number of hydrogen-bond acceptors (Lipinski definition) is 5. The summed E-state index contributed by atoms with van der Waals surface area (Å²) < 4.78 is 28.5. The Labute approximate surface area is 160 Å². The van der Waals surface area contributed by atoms with Crippen molar-refractivity contribution in [3.8, 4) is 5.75 Å². The van der Waals surface area contributed by atoms with Gasteiger partial charge in [-0.1, -0.05) is 24.3 Å². The van der Waals surface area contributed by atoms with Crippen LogP contribution in [0.2, 0.25) is 0 Å². The Morgan fingerprint density at radius 3 is 2.39 bits per heavy atom. The van der Waals surface area contributed by atoms with Gasteiger partial charge in [0.2, 0.25) is 11.9 Å². The molecule has 0 saturated carbocycles. The summed E-state index contributed by atoms with van der Waals surface area (Å²) in [6.07, 6.45) is 0.150. The van der Waals surface area contributed by atoms with Crippen molar-refractivity contribution in [3.05, 3.63) is 89.6 Å². The van der Waals surface area contributed by atoms with E-state index in [2.05, 4.69) is 5.32 Å². The van der Waals surface area contributed by atoms with Crippen LogP contribution < -0.4 is 10.1 Å². The van der Waals surface area contributed by atoms with Crippen LogP contribution in [0.4, 0.5) is 4.39 Å². The smallest absolute Gasteiger partial charge is 0.375 e. The molecule has 1 unspecified atom stereocenters. The van der Waals surface area contributed by atoms with Gasteiger partial charge in [-0.2, -0.15) is 0 Å². The molecule has 0 aliphatic carbocycles. The zero-order chi connectivity index (χ0) is 19.9. The highest BCUT2D eigenvalue weighted by molar-refractivity contribution is 5.90.